The first kappa shape index (κ1) is 14.4. The highest BCUT2D eigenvalue weighted by atomic mass is 19.4. The number of carbonyl (C=O) groups is 1. The van der Waals surface area contributed by atoms with E-state index in [-0.39, 0.29) is 18.7 Å². The summed E-state index contributed by atoms with van der Waals surface area (Å²) >= 11 is 0. The number of halogens is 3. The minimum Gasteiger partial charge on any atom is -0.329 e. The molecule has 1 rings (SSSR count). The molecule has 0 saturated carbocycles. The zero-order valence-corrected chi connectivity index (χ0v) is 9.87. The van der Waals surface area contributed by atoms with Gasteiger partial charge in [-0.15, -0.1) is 0 Å². The summed E-state index contributed by atoms with van der Waals surface area (Å²) in [6.07, 6.45) is -3.18. The molecule has 0 atom stereocenters. The summed E-state index contributed by atoms with van der Waals surface area (Å²) in [5.74, 6) is -0.717. The van der Waals surface area contributed by atoms with Crippen molar-refractivity contribution in [1.29, 1.82) is 0 Å². The maximum absolute atomic E-state index is 12.3. The average Bonchev–Trinajstić information content (AvgIpc) is 2.27. The maximum Gasteiger partial charge on any atom is 0.406 e. The van der Waals surface area contributed by atoms with E-state index >= 15 is 0 Å². The number of alkyl halides is 3. The van der Waals surface area contributed by atoms with E-state index in [1.807, 2.05) is 0 Å². The molecule has 0 aliphatic rings. The second kappa shape index (κ2) is 5.81. The third kappa shape index (κ3) is 4.33. The van der Waals surface area contributed by atoms with Gasteiger partial charge in [-0.05, 0) is 19.1 Å². The van der Waals surface area contributed by atoms with E-state index in [0.717, 1.165) is 0 Å². The number of aromatic nitrogens is 1. The van der Waals surface area contributed by atoms with Crippen LogP contribution < -0.4 is 5.73 Å². The Morgan fingerprint density at radius 2 is 2.11 bits per heavy atom. The van der Waals surface area contributed by atoms with Crippen molar-refractivity contribution >= 4 is 5.91 Å². The molecule has 1 aromatic heterocycles. The molecule has 2 N–H and O–H groups in total. The third-order valence-corrected chi connectivity index (χ3v) is 2.21. The predicted octanol–water partition coefficient (Wildman–Crippen LogP) is 1.35. The second-order valence-electron chi connectivity index (χ2n) is 3.82. The number of nitrogens with two attached hydrogens (primary N) is 1. The van der Waals surface area contributed by atoms with Gasteiger partial charge < -0.3 is 10.6 Å². The van der Waals surface area contributed by atoms with Crippen LogP contribution in [0, 0.1) is 6.92 Å². The van der Waals surface area contributed by atoms with Gasteiger partial charge >= 0.3 is 6.18 Å². The lowest BCUT2D eigenvalue weighted by atomic mass is 10.2. The first-order valence-electron chi connectivity index (χ1n) is 5.32. The van der Waals surface area contributed by atoms with Crippen molar-refractivity contribution in [2.24, 2.45) is 5.73 Å². The van der Waals surface area contributed by atoms with E-state index in [4.69, 9.17) is 5.73 Å². The number of nitrogens with zero attached hydrogens (tertiary/aromatic N) is 2. The Balaban J connectivity index is 2.85. The van der Waals surface area contributed by atoms with Gasteiger partial charge in [0.25, 0.3) is 5.91 Å². The fourth-order valence-electron chi connectivity index (χ4n) is 1.40. The summed E-state index contributed by atoms with van der Waals surface area (Å²) in [6.45, 7) is 0.242. The summed E-state index contributed by atoms with van der Waals surface area (Å²) in [5, 5.41) is 0. The average molecular weight is 261 g/mol. The lowest BCUT2D eigenvalue weighted by Crippen LogP contribution is -2.41. The van der Waals surface area contributed by atoms with Crippen LogP contribution in [0.3, 0.4) is 0 Å². The summed E-state index contributed by atoms with van der Waals surface area (Å²) in [6, 6.07) is 3.02. The highest BCUT2D eigenvalue weighted by molar-refractivity contribution is 5.93. The number of carbonyl (C=O) groups excluding carboxylic acids is 1. The Labute approximate surface area is 103 Å². The number of aryl methyl sites for hydroxylation is 1. The SMILES string of the molecule is Cc1ccc(C(=O)N(CCN)CC(F)(F)F)cn1. The first-order valence-corrected chi connectivity index (χ1v) is 5.32. The Hall–Kier alpha value is -1.63. The molecule has 18 heavy (non-hydrogen) atoms. The normalized spacial score (nSPS) is 11.4. The van der Waals surface area contributed by atoms with Crippen molar-refractivity contribution in [1.82, 2.24) is 9.88 Å². The minimum atomic E-state index is -4.44. The van der Waals surface area contributed by atoms with Gasteiger partial charge in [0.15, 0.2) is 0 Å². The van der Waals surface area contributed by atoms with E-state index in [1.54, 1.807) is 13.0 Å². The summed E-state index contributed by atoms with van der Waals surface area (Å²) in [4.78, 5) is 16.4. The van der Waals surface area contributed by atoms with Crippen LogP contribution in [0.25, 0.3) is 0 Å². The fraction of sp³-hybridized carbons (Fsp3) is 0.455. The minimum absolute atomic E-state index is 0.0267. The van der Waals surface area contributed by atoms with Crippen LogP contribution >= 0.6 is 0 Å². The fourth-order valence-corrected chi connectivity index (χ4v) is 1.40. The lowest BCUT2D eigenvalue weighted by Gasteiger charge is -2.23. The summed E-state index contributed by atoms with van der Waals surface area (Å²) < 4.78 is 37.0. The number of hydrogen-bond donors (Lipinski definition) is 1. The molecule has 0 saturated heterocycles. The Morgan fingerprint density at radius 3 is 2.56 bits per heavy atom. The first-order chi connectivity index (χ1) is 8.33. The summed E-state index contributed by atoms with van der Waals surface area (Å²) in [7, 11) is 0. The van der Waals surface area contributed by atoms with Gasteiger partial charge in [0.05, 0.1) is 5.56 Å². The molecule has 1 amide bonds. The molecular formula is C11H14F3N3O. The van der Waals surface area contributed by atoms with Crippen LogP contribution in [0.5, 0.6) is 0 Å². The molecular weight excluding hydrogens is 247 g/mol. The zero-order valence-electron chi connectivity index (χ0n) is 9.87. The van der Waals surface area contributed by atoms with Gasteiger partial charge in [-0.2, -0.15) is 13.2 Å². The molecule has 100 valence electrons. The molecule has 1 aromatic rings. The molecule has 0 fully saturated rings. The van der Waals surface area contributed by atoms with Crippen molar-refractivity contribution in [2.45, 2.75) is 13.1 Å². The van der Waals surface area contributed by atoms with E-state index in [0.29, 0.717) is 10.6 Å². The lowest BCUT2D eigenvalue weighted by molar-refractivity contribution is -0.140. The molecule has 4 nitrogen and oxygen atoms in total. The van der Waals surface area contributed by atoms with Gasteiger partial charge in [0.2, 0.25) is 0 Å². The molecule has 0 bridgehead atoms. The van der Waals surface area contributed by atoms with Crippen molar-refractivity contribution < 1.29 is 18.0 Å². The number of hydrogen-bond acceptors (Lipinski definition) is 3. The van der Waals surface area contributed by atoms with Gasteiger partial charge in [-0.25, -0.2) is 0 Å². The third-order valence-electron chi connectivity index (χ3n) is 2.21. The molecule has 0 radical (unpaired) electrons. The molecule has 0 unspecified atom stereocenters. The molecule has 0 aliphatic carbocycles. The number of rotatable bonds is 4. The second-order valence-corrected chi connectivity index (χ2v) is 3.82. The maximum atomic E-state index is 12.3. The van der Waals surface area contributed by atoms with E-state index in [9.17, 15) is 18.0 Å². The van der Waals surface area contributed by atoms with Crippen LogP contribution in [0.2, 0.25) is 0 Å². The van der Waals surface area contributed by atoms with E-state index in [1.165, 1.54) is 12.3 Å². The number of amides is 1. The van der Waals surface area contributed by atoms with Crippen molar-refractivity contribution in [2.75, 3.05) is 19.6 Å². The Morgan fingerprint density at radius 1 is 1.44 bits per heavy atom. The molecule has 0 spiro atoms. The highest BCUT2D eigenvalue weighted by Crippen LogP contribution is 2.17. The van der Waals surface area contributed by atoms with Crippen LogP contribution in [0.15, 0.2) is 18.3 Å². The van der Waals surface area contributed by atoms with Crippen LogP contribution in [-0.4, -0.2) is 41.6 Å². The van der Waals surface area contributed by atoms with Crippen LogP contribution in [0.4, 0.5) is 13.2 Å². The van der Waals surface area contributed by atoms with Crippen molar-refractivity contribution in [3.63, 3.8) is 0 Å². The Bertz CT molecular complexity index is 403. The van der Waals surface area contributed by atoms with E-state index < -0.39 is 18.6 Å². The predicted molar refractivity (Wildman–Crippen MR) is 60.0 cm³/mol. The summed E-state index contributed by atoms with van der Waals surface area (Å²) in [5.41, 5.74) is 6.02. The van der Waals surface area contributed by atoms with Crippen molar-refractivity contribution in [3.05, 3.63) is 29.6 Å². The highest BCUT2D eigenvalue weighted by Gasteiger charge is 2.33. The quantitative estimate of drug-likeness (QED) is 0.890. The molecule has 1 heterocycles. The molecule has 0 aromatic carbocycles. The van der Waals surface area contributed by atoms with Gasteiger partial charge in [-0.3, -0.25) is 9.78 Å². The monoisotopic (exact) mass is 261 g/mol. The molecule has 7 heteroatoms. The van der Waals surface area contributed by atoms with Gasteiger partial charge in [0, 0.05) is 25.0 Å². The molecule has 0 aliphatic heterocycles. The largest absolute Gasteiger partial charge is 0.406 e. The van der Waals surface area contributed by atoms with E-state index in [2.05, 4.69) is 4.98 Å². The zero-order chi connectivity index (χ0) is 13.8. The Kier molecular flexibility index (Phi) is 4.66. The topological polar surface area (TPSA) is 59.2 Å². The van der Waals surface area contributed by atoms with Crippen LogP contribution in [-0.2, 0) is 0 Å². The van der Waals surface area contributed by atoms with Crippen molar-refractivity contribution in [3.8, 4) is 0 Å². The smallest absolute Gasteiger partial charge is 0.329 e. The number of pyridine rings is 1. The van der Waals surface area contributed by atoms with Crippen LogP contribution in [0.1, 0.15) is 16.1 Å². The van der Waals surface area contributed by atoms with Gasteiger partial charge in [0.1, 0.15) is 6.54 Å². The van der Waals surface area contributed by atoms with Gasteiger partial charge in [-0.1, -0.05) is 0 Å². The standard InChI is InChI=1S/C11H14F3N3O/c1-8-2-3-9(6-16-8)10(18)17(5-4-15)7-11(12,13)14/h2-3,6H,4-5,7,15H2,1H3.